The second-order valence-corrected chi connectivity index (χ2v) is 6.62. The lowest BCUT2D eigenvalue weighted by Crippen LogP contribution is -2.30. The zero-order valence-electron chi connectivity index (χ0n) is 16.7. The fourth-order valence-electron chi connectivity index (χ4n) is 2.76. The zero-order chi connectivity index (χ0) is 24.1. The Kier molecular flexibility index (Phi) is 7.71. The maximum atomic E-state index is 12.8. The molecule has 32 heavy (non-hydrogen) atoms. The third-order valence-corrected chi connectivity index (χ3v) is 4.23. The first-order valence-corrected chi connectivity index (χ1v) is 9.22. The predicted octanol–water partition coefficient (Wildman–Crippen LogP) is 2.40. The Morgan fingerprint density at radius 3 is 2.09 bits per heavy atom. The smallest absolute Gasteiger partial charge is 0.475 e. The SMILES string of the molecule is C[C@@H](N)C(=O)OCCNc1cccc2c1C(=O)c1ccccc1C2=O.O=C(O)C(F)(F)F. The van der Waals surface area contributed by atoms with Crippen molar-refractivity contribution in [3.8, 4) is 0 Å². The lowest BCUT2D eigenvalue weighted by molar-refractivity contribution is -0.192. The summed E-state index contributed by atoms with van der Waals surface area (Å²) in [6, 6.07) is 11.2. The Labute approximate surface area is 180 Å². The maximum absolute atomic E-state index is 12.8. The van der Waals surface area contributed by atoms with Crippen LogP contribution in [0.25, 0.3) is 0 Å². The highest BCUT2D eigenvalue weighted by Crippen LogP contribution is 2.31. The van der Waals surface area contributed by atoms with Crippen molar-refractivity contribution >= 4 is 29.2 Å². The Bertz CT molecular complexity index is 1050. The van der Waals surface area contributed by atoms with Crippen LogP contribution in [0.15, 0.2) is 42.5 Å². The molecule has 1 aliphatic carbocycles. The van der Waals surface area contributed by atoms with Gasteiger partial charge in [-0.3, -0.25) is 14.4 Å². The number of ketones is 2. The molecular weight excluding hydrogens is 433 g/mol. The van der Waals surface area contributed by atoms with Crippen LogP contribution in [-0.4, -0.2) is 54.0 Å². The highest BCUT2D eigenvalue weighted by atomic mass is 19.4. The minimum absolute atomic E-state index is 0.114. The van der Waals surface area contributed by atoms with E-state index in [9.17, 15) is 27.6 Å². The van der Waals surface area contributed by atoms with Crippen LogP contribution >= 0.6 is 0 Å². The number of hydrogen-bond donors (Lipinski definition) is 3. The first-order chi connectivity index (χ1) is 14.9. The van der Waals surface area contributed by atoms with Gasteiger partial charge in [-0.2, -0.15) is 13.2 Å². The molecule has 4 N–H and O–H groups in total. The number of rotatable bonds is 5. The van der Waals surface area contributed by atoms with Gasteiger partial charge in [-0.1, -0.05) is 36.4 Å². The number of aliphatic carboxylic acids is 1. The van der Waals surface area contributed by atoms with Crippen molar-refractivity contribution in [2.75, 3.05) is 18.5 Å². The van der Waals surface area contributed by atoms with Crippen LogP contribution in [0.2, 0.25) is 0 Å². The largest absolute Gasteiger partial charge is 0.490 e. The molecule has 0 saturated carbocycles. The van der Waals surface area contributed by atoms with Gasteiger partial charge in [0.15, 0.2) is 11.6 Å². The number of carboxylic acids is 1. The van der Waals surface area contributed by atoms with Gasteiger partial charge in [-0.05, 0) is 13.0 Å². The Hall–Kier alpha value is -3.73. The topological polar surface area (TPSA) is 136 Å². The first kappa shape index (κ1) is 24.5. The van der Waals surface area contributed by atoms with E-state index in [2.05, 4.69) is 5.32 Å². The second-order valence-electron chi connectivity index (χ2n) is 6.62. The van der Waals surface area contributed by atoms with Gasteiger partial charge in [0, 0.05) is 28.9 Å². The number of esters is 1. The predicted molar refractivity (Wildman–Crippen MR) is 107 cm³/mol. The summed E-state index contributed by atoms with van der Waals surface area (Å²) in [6.45, 7) is 1.96. The summed E-state index contributed by atoms with van der Waals surface area (Å²) >= 11 is 0. The molecule has 2 aromatic rings. The number of nitrogens with two attached hydrogens (primary N) is 1. The molecule has 0 spiro atoms. The molecule has 1 atom stereocenters. The fourth-order valence-corrected chi connectivity index (χ4v) is 2.76. The van der Waals surface area contributed by atoms with E-state index in [0.29, 0.717) is 34.5 Å². The molecule has 0 amide bonds. The third-order valence-electron chi connectivity index (χ3n) is 4.23. The van der Waals surface area contributed by atoms with Gasteiger partial charge in [0.1, 0.15) is 12.6 Å². The summed E-state index contributed by atoms with van der Waals surface area (Å²) in [4.78, 5) is 45.7. The molecule has 11 heteroatoms. The number of carbonyl (C=O) groups is 4. The molecular formula is C21H19F3N2O6. The van der Waals surface area contributed by atoms with E-state index in [4.69, 9.17) is 20.4 Å². The Balaban J connectivity index is 0.000000451. The number of ether oxygens (including phenoxy) is 1. The van der Waals surface area contributed by atoms with Gasteiger partial charge in [0.25, 0.3) is 0 Å². The van der Waals surface area contributed by atoms with E-state index in [1.54, 1.807) is 49.4 Å². The van der Waals surface area contributed by atoms with Gasteiger partial charge in [-0.15, -0.1) is 0 Å². The number of nitrogens with one attached hydrogen (secondary N) is 1. The van der Waals surface area contributed by atoms with E-state index in [-0.39, 0.29) is 18.2 Å². The van der Waals surface area contributed by atoms with Gasteiger partial charge in [0.2, 0.25) is 0 Å². The van der Waals surface area contributed by atoms with E-state index < -0.39 is 24.2 Å². The second kappa shape index (κ2) is 10.1. The number of carbonyl (C=O) groups excluding carboxylic acids is 3. The normalized spacial score (nSPS) is 13.2. The highest BCUT2D eigenvalue weighted by Gasteiger charge is 2.38. The van der Waals surface area contributed by atoms with Gasteiger partial charge in [0.05, 0.1) is 5.56 Å². The standard InChI is InChI=1S/C19H18N2O4.C2HF3O2/c1-11(20)19(24)25-10-9-21-15-8-4-7-14-16(15)18(23)13-6-3-2-5-12(13)17(14)22;3-2(4,5)1(6)7/h2-8,11,21H,9-10,20H2,1H3;(H,6,7)/t11-;/m1./s1. The molecule has 1 aliphatic rings. The van der Waals surface area contributed by atoms with Crippen LogP contribution in [0.4, 0.5) is 18.9 Å². The van der Waals surface area contributed by atoms with Crippen LogP contribution in [0.3, 0.4) is 0 Å². The van der Waals surface area contributed by atoms with Gasteiger partial charge in [-0.25, -0.2) is 4.79 Å². The number of carboxylic acid groups (broad SMARTS) is 1. The van der Waals surface area contributed by atoms with Crippen LogP contribution in [-0.2, 0) is 14.3 Å². The number of fused-ring (bicyclic) bond motifs is 2. The van der Waals surface area contributed by atoms with Crippen molar-refractivity contribution < 1.29 is 42.2 Å². The molecule has 3 rings (SSSR count). The minimum Gasteiger partial charge on any atom is -0.475 e. The summed E-state index contributed by atoms with van der Waals surface area (Å²) in [7, 11) is 0. The molecule has 0 aliphatic heterocycles. The Morgan fingerprint density at radius 2 is 1.56 bits per heavy atom. The zero-order valence-corrected chi connectivity index (χ0v) is 16.7. The fraction of sp³-hybridized carbons (Fsp3) is 0.238. The molecule has 8 nitrogen and oxygen atoms in total. The monoisotopic (exact) mass is 452 g/mol. The average Bonchev–Trinajstić information content (AvgIpc) is 2.74. The maximum Gasteiger partial charge on any atom is 0.490 e. The molecule has 0 radical (unpaired) electrons. The summed E-state index contributed by atoms with van der Waals surface area (Å²) in [5.74, 6) is -3.61. The summed E-state index contributed by atoms with van der Waals surface area (Å²) in [5, 5.41) is 10.2. The molecule has 170 valence electrons. The average molecular weight is 452 g/mol. The number of alkyl halides is 3. The van der Waals surface area contributed by atoms with Crippen molar-refractivity contribution in [2.24, 2.45) is 5.73 Å². The van der Waals surface area contributed by atoms with Crippen LogP contribution in [0, 0.1) is 0 Å². The Morgan fingerprint density at radius 1 is 1.03 bits per heavy atom. The molecule has 0 bridgehead atoms. The van der Waals surface area contributed by atoms with E-state index in [1.807, 2.05) is 0 Å². The molecule has 2 aromatic carbocycles. The first-order valence-electron chi connectivity index (χ1n) is 9.22. The summed E-state index contributed by atoms with van der Waals surface area (Å²) in [5.41, 5.74) is 7.51. The third kappa shape index (κ3) is 5.70. The lowest BCUT2D eigenvalue weighted by Gasteiger charge is -2.20. The lowest BCUT2D eigenvalue weighted by atomic mass is 9.83. The minimum atomic E-state index is -5.08. The van der Waals surface area contributed by atoms with Gasteiger partial charge >= 0.3 is 18.1 Å². The molecule has 0 unspecified atom stereocenters. The van der Waals surface area contributed by atoms with Crippen LogP contribution in [0.5, 0.6) is 0 Å². The van der Waals surface area contributed by atoms with Crippen molar-refractivity contribution in [2.45, 2.75) is 19.1 Å². The molecule has 0 saturated heterocycles. The molecule has 0 fully saturated rings. The van der Waals surface area contributed by atoms with E-state index >= 15 is 0 Å². The van der Waals surface area contributed by atoms with E-state index in [1.165, 1.54) is 0 Å². The van der Waals surface area contributed by atoms with Crippen molar-refractivity contribution in [3.63, 3.8) is 0 Å². The van der Waals surface area contributed by atoms with Crippen LogP contribution < -0.4 is 11.1 Å². The number of anilines is 1. The summed E-state index contributed by atoms with van der Waals surface area (Å²) in [6.07, 6.45) is -5.08. The number of benzene rings is 2. The summed E-state index contributed by atoms with van der Waals surface area (Å²) < 4.78 is 36.7. The van der Waals surface area contributed by atoms with Gasteiger partial charge < -0.3 is 20.9 Å². The molecule has 0 aromatic heterocycles. The number of halogens is 3. The van der Waals surface area contributed by atoms with Crippen molar-refractivity contribution in [3.05, 3.63) is 64.7 Å². The molecule has 0 heterocycles. The highest BCUT2D eigenvalue weighted by molar-refractivity contribution is 6.30. The van der Waals surface area contributed by atoms with E-state index in [0.717, 1.165) is 0 Å². The van der Waals surface area contributed by atoms with Crippen molar-refractivity contribution in [1.82, 2.24) is 0 Å². The van der Waals surface area contributed by atoms with Crippen molar-refractivity contribution in [1.29, 1.82) is 0 Å². The quantitative estimate of drug-likeness (QED) is 0.397. The number of hydrogen-bond acceptors (Lipinski definition) is 7. The van der Waals surface area contributed by atoms with Crippen LogP contribution in [0.1, 0.15) is 38.8 Å².